The van der Waals surface area contributed by atoms with Gasteiger partial charge in [0.2, 0.25) is 12.1 Å². The summed E-state index contributed by atoms with van der Waals surface area (Å²) in [6.07, 6.45) is 7.33. The van der Waals surface area contributed by atoms with Crippen molar-refractivity contribution in [2.24, 2.45) is 10.8 Å². The van der Waals surface area contributed by atoms with E-state index in [0.717, 1.165) is 30.7 Å². The molecule has 0 bridgehead atoms. The van der Waals surface area contributed by atoms with Crippen LogP contribution in [0.5, 0.6) is 0 Å². The van der Waals surface area contributed by atoms with Crippen LogP contribution in [0.25, 0.3) is 10.6 Å². The number of nitrogens with two attached hydrogens (primary N) is 1. The topological polar surface area (TPSA) is 176 Å². The monoisotopic (exact) mass is 657 g/mol. The van der Waals surface area contributed by atoms with E-state index in [1.54, 1.807) is 17.1 Å². The van der Waals surface area contributed by atoms with Crippen LogP contribution in [-0.4, -0.2) is 79.6 Å². The highest BCUT2D eigenvalue weighted by atomic mass is 32.1. The summed E-state index contributed by atoms with van der Waals surface area (Å²) in [6.45, 7) is 2.33. The summed E-state index contributed by atoms with van der Waals surface area (Å²) in [7, 11) is 1.17. The summed E-state index contributed by atoms with van der Waals surface area (Å²) in [6, 6.07) is 0.717. The van der Waals surface area contributed by atoms with Crippen LogP contribution in [0, 0.1) is 11.8 Å². The predicted octanol–water partition coefficient (Wildman–Crippen LogP) is 2.49. The summed E-state index contributed by atoms with van der Waals surface area (Å²) >= 11 is 1.17. The number of nitrogens with zero attached hydrogens (tertiary/aromatic N) is 6. The number of allylic oxidation sites excluding steroid dienone is 1. The number of carbonyl (C=O) groups excluding carboxylic acids is 3. The van der Waals surface area contributed by atoms with E-state index in [1.807, 2.05) is 6.92 Å². The van der Waals surface area contributed by atoms with Gasteiger partial charge in [0.1, 0.15) is 28.1 Å². The highest BCUT2D eigenvalue weighted by Crippen LogP contribution is 2.25. The SMILES string of the molecule is CCOC1CCC(=[N+]2C=C(NC(=O)c3csc(-c4cnn(COC(=O)CC(N)C(=O)OC)c4)n3)C(c3nc(F)ccc3F)=N2)CC1. The van der Waals surface area contributed by atoms with Gasteiger partial charge in [0.25, 0.3) is 5.91 Å². The minimum atomic E-state index is -1.14. The molecule has 4 heterocycles. The van der Waals surface area contributed by atoms with Crippen molar-refractivity contribution in [3.63, 3.8) is 0 Å². The molecule has 1 unspecified atom stereocenters. The molecule has 1 atom stereocenters. The lowest BCUT2D eigenvalue weighted by molar-refractivity contribution is -0.461. The number of esters is 2. The van der Waals surface area contributed by atoms with Crippen molar-refractivity contribution in [1.82, 2.24) is 25.1 Å². The van der Waals surface area contributed by atoms with Crippen molar-refractivity contribution in [2.45, 2.75) is 57.9 Å². The molecule has 3 aromatic rings. The Bertz CT molecular complexity index is 1730. The van der Waals surface area contributed by atoms with Crippen LogP contribution in [0.1, 0.15) is 55.2 Å². The van der Waals surface area contributed by atoms with Crippen LogP contribution in [0.4, 0.5) is 8.78 Å². The molecule has 1 fully saturated rings. The third-order valence-corrected chi connectivity index (χ3v) is 7.99. The number of hydrogen-bond acceptors (Lipinski definition) is 12. The fraction of sp³-hybridized carbons (Fsp3) is 0.379. The first kappa shape index (κ1) is 32.6. The number of halogens is 2. The van der Waals surface area contributed by atoms with Crippen LogP contribution >= 0.6 is 11.3 Å². The van der Waals surface area contributed by atoms with E-state index in [1.165, 1.54) is 34.7 Å². The Labute approximate surface area is 265 Å². The number of hydrazone groups is 1. The number of aromatic nitrogens is 4. The van der Waals surface area contributed by atoms with E-state index in [2.05, 4.69) is 30.2 Å². The molecular weight excluding hydrogens is 626 g/mol. The van der Waals surface area contributed by atoms with Gasteiger partial charge in [0.15, 0.2) is 24.0 Å². The normalized spacial score (nSPS) is 16.9. The largest absolute Gasteiger partial charge is 0.468 e. The van der Waals surface area contributed by atoms with Crippen LogP contribution in [0.15, 0.2) is 46.9 Å². The molecule has 17 heteroatoms. The first-order valence-electron chi connectivity index (χ1n) is 14.3. The lowest BCUT2D eigenvalue weighted by Gasteiger charge is -2.20. The summed E-state index contributed by atoms with van der Waals surface area (Å²) in [5.41, 5.74) is 6.90. The second kappa shape index (κ2) is 14.6. The number of nitrogens with one attached hydrogen (secondary N) is 1. The first-order chi connectivity index (χ1) is 22.1. The number of methoxy groups -OCH3 is 1. The molecule has 1 aliphatic heterocycles. The fourth-order valence-corrected chi connectivity index (χ4v) is 5.57. The second-order valence-corrected chi connectivity index (χ2v) is 11.1. The van der Waals surface area contributed by atoms with Gasteiger partial charge in [-0.15, -0.1) is 11.3 Å². The van der Waals surface area contributed by atoms with Gasteiger partial charge in [-0.05, 0) is 31.9 Å². The van der Waals surface area contributed by atoms with Crippen LogP contribution in [0.3, 0.4) is 0 Å². The fourth-order valence-electron chi connectivity index (χ4n) is 4.80. The summed E-state index contributed by atoms with van der Waals surface area (Å²) < 4.78 is 47.1. The number of ether oxygens (including phenoxy) is 3. The van der Waals surface area contributed by atoms with Crippen molar-refractivity contribution in [3.8, 4) is 10.6 Å². The number of pyridine rings is 1. The van der Waals surface area contributed by atoms with Gasteiger partial charge >= 0.3 is 11.9 Å². The van der Waals surface area contributed by atoms with Crippen LogP contribution < -0.4 is 11.1 Å². The molecule has 1 amide bonds. The van der Waals surface area contributed by atoms with Crippen LogP contribution in [0.2, 0.25) is 0 Å². The average molecular weight is 658 g/mol. The molecule has 0 radical (unpaired) electrons. The average Bonchev–Trinajstić information content (AvgIpc) is 3.82. The predicted molar refractivity (Wildman–Crippen MR) is 159 cm³/mol. The molecule has 0 saturated heterocycles. The minimum absolute atomic E-state index is 0.0244. The Morgan fingerprint density at radius 3 is 2.74 bits per heavy atom. The Hall–Kier alpha value is -4.74. The highest BCUT2D eigenvalue weighted by Gasteiger charge is 2.33. The Kier molecular flexibility index (Phi) is 10.3. The van der Waals surface area contributed by atoms with Crippen molar-refractivity contribution in [2.75, 3.05) is 13.7 Å². The molecule has 3 aromatic heterocycles. The zero-order valence-corrected chi connectivity index (χ0v) is 25.8. The number of rotatable bonds is 11. The number of amides is 1. The Morgan fingerprint density at radius 1 is 1.22 bits per heavy atom. The lowest BCUT2D eigenvalue weighted by Crippen LogP contribution is -2.34. The van der Waals surface area contributed by atoms with E-state index in [-0.39, 0.29) is 42.1 Å². The van der Waals surface area contributed by atoms with Gasteiger partial charge in [-0.3, -0.25) is 14.4 Å². The standard InChI is InChI=1S/C29H30F2N8O6S/c1-3-44-18-6-4-17(5-7-18)39-13-21(26(37-39)25-19(30)8-9-23(31)36-25)34-27(41)22-14-46-28(35-22)16-11-33-38(12-16)15-45-24(40)10-20(32)29(42)43-2/h8-9,11-14,18,20H,3-7,10,15,32H2,1-2H3/p+1. The van der Waals surface area contributed by atoms with E-state index in [4.69, 9.17) is 15.2 Å². The smallest absolute Gasteiger partial charge is 0.323 e. The maximum atomic E-state index is 14.8. The van der Waals surface area contributed by atoms with E-state index in [9.17, 15) is 23.2 Å². The molecule has 1 saturated carbocycles. The molecule has 3 N–H and O–H groups in total. The highest BCUT2D eigenvalue weighted by molar-refractivity contribution is 7.13. The van der Waals surface area contributed by atoms with Crippen LogP contribution in [-0.2, 0) is 30.5 Å². The van der Waals surface area contributed by atoms with E-state index in [0.29, 0.717) is 30.0 Å². The summed E-state index contributed by atoms with van der Waals surface area (Å²) in [5.74, 6) is -3.73. The third kappa shape index (κ3) is 7.72. The Morgan fingerprint density at radius 2 is 2.00 bits per heavy atom. The van der Waals surface area contributed by atoms with Gasteiger partial charge in [0, 0.05) is 41.7 Å². The molecule has 1 aliphatic carbocycles. The van der Waals surface area contributed by atoms with Gasteiger partial charge in [-0.25, -0.2) is 19.0 Å². The maximum absolute atomic E-state index is 14.8. The molecule has 0 aromatic carbocycles. The first-order valence-corrected chi connectivity index (χ1v) is 15.2. The van der Waals surface area contributed by atoms with E-state index < -0.39 is 35.7 Å². The zero-order chi connectivity index (χ0) is 32.8. The number of carbonyl (C=O) groups is 3. The zero-order valence-electron chi connectivity index (χ0n) is 24.9. The maximum Gasteiger partial charge on any atom is 0.323 e. The van der Waals surface area contributed by atoms with Crippen molar-refractivity contribution in [1.29, 1.82) is 0 Å². The molecule has 14 nitrogen and oxygen atoms in total. The molecule has 46 heavy (non-hydrogen) atoms. The van der Waals surface area contributed by atoms with Crippen molar-refractivity contribution in [3.05, 3.63) is 65.0 Å². The van der Waals surface area contributed by atoms with Gasteiger partial charge < -0.3 is 25.3 Å². The minimum Gasteiger partial charge on any atom is -0.468 e. The molecule has 242 valence electrons. The summed E-state index contributed by atoms with van der Waals surface area (Å²) in [5, 5.41) is 13.3. The quantitative estimate of drug-likeness (QED) is 0.177. The van der Waals surface area contributed by atoms with Gasteiger partial charge in [-0.1, -0.05) is 4.68 Å². The second-order valence-electron chi connectivity index (χ2n) is 10.3. The molecular formula is C29H31F2N8O6S+. The van der Waals surface area contributed by atoms with Crippen molar-refractivity contribution >= 4 is 40.6 Å². The molecule has 0 spiro atoms. The lowest BCUT2D eigenvalue weighted by atomic mass is 9.95. The number of hydrogen-bond donors (Lipinski definition) is 2. The van der Waals surface area contributed by atoms with Gasteiger partial charge in [-0.2, -0.15) is 9.49 Å². The Balaban J connectivity index is 1.28. The van der Waals surface area contributed by atoms with Gasteiger partial charge in [0.05, 0.1) is 25.8 Å². The summed E-state index contributed by atoms with van der Waals surface area (Å²) in [4.78, 5) is 44.7. The van der Waals surface area contributed by atoms with E-state index >= 15 is 0 Å². The molecule has 2 aliphatic rings. The molecule has 5 rings (SSSR count). The third-order valence-electron chi connectivity index (χ3n) is 7.10. The number of thiazole rings is 1. The van der Waals surface area contributed by atoms with Crippen molar-refractivity contribution < 1.29 is 42.1 Å².